The van der Waals surface area contributed by atoms with Gasteiger partial charge in [-0.05, 0) is 10.4 Å². The Balaban J connectivity index is 2.62. The van der Waals surface area contributed by atoms with Crippen LogP contribution in [0.2, 0.25) is 0 Å². The van der Waals surface area contributed by atoms with Crippen molar-refractivity contribution in [1.82, 2.24) is 20.3 Å². The standard InChI is InChI=1S/CH2N5OP/c7-8-5-6-1-2-3-4-6/h1H,(H,5,7). The average Bonchev–Trinajstić information content (AvgIpc) is 2.19. The predicted octanol–water partition coefficient (Wildman–Crippen LogP) is -0.577. The van der Waals surface area contributed by atoms with E-state index < -0.39 is 0 Å². The SMILES string of the molecule is O=PNn1cnnn1. The van der Waals surface area contributed by atoms with E-state index in [1.807, 2.05) is 0 Å². The van der Waals surface area contributed by atoms with Crippen LogP contribution in [-0.2, 0) is 4.57 Å². The molecule has 0 spiro atoms. The summed E-state index contributed by atoms with van der Waals surface area (Å²) in [6, 6.07) is 0. The maximum Gasteiger partial charge on any atom is 0.296 e. The Morgan fingerprint density at radius 3 is 3.12 bits per heavy atom. The fraction of sp³-hybridized carbons (Fsp3) is 0. The molecule has 1 rings (SSSR count). The van der Waals surface area contributed by atoms with Gasteiger partial charge in [-0.15, -0.1) is 9.89 Å². The van der Waals surface area contributed by atoms with Gasteiger partial charge in [-0.1, -0.05) is 0 Å². The van der Waals surface area contributed by atoms with Gasteiger partial charge in [0.1, 0.15) is 0 Å². The van der Waals surface area contributed by atoms with E-state index in [1.54, 1.807) is 0 Å². The molecule has 0 fully saturated rings. The molecule has 0 amide bonds. The van der Waals surface area contributed by atoms with Crippen LogP contribution >= 0.6 is 8.61 Å². The molecule has 0 atom stereocenters. The summed E-state index contributed by atoms with van der Waals surface area (Å²) >= 11 is 0. The molecular formula is CH2N5OP. The molecule has 1 aromatic rings. The lowest BCUT2D eigenvalue weighted by molar-refractivity contribution is 0.595. The van der Waals surface area contributed by atoms with Gasteiger partial charge in [-0.2, -0.15) is 0 Å². The quantitative estimate of drug-likeness (QED) is 0.543. The molecule has 1 aromatic heterocycles. The van der Waals surface area contributed by atoms with Crippen molar-refractivity contribution < 1.29 is 4.57 Å². The maximum atomic E-state index is 9.74. The van der Waals surface area contributed by atoms with Gasteiger partial charge < -0.3 is 0 Å². The van der Waals surface area contributed by atoms with Crippen molar-refractivity contribution in [3.63, 3.8) is 0 Å². The number of tetrazole rings is 1. The van der Waals surface area contributed by atoms with Crippen LogP contribution in [0.1, 0.15) is 0 Å². The summed E-state index contributed by atoms with van der Waals surface area (Å²) in [5.74, 6) is 0. The zero-order valence-corrected chi connectivity index (χ0v) is 4.62. The Hall–Kier alpha value is -1.03. The Morgan fingerprint density at radius 2 is 2.62 bits per heavy atom. The number of nitrogens with zero attached hydrogens (tertiary/aromatic N) is 4. The third-order valence-electron chi connectivity index (χ3n) is 0.492. The van der Waals surface area contributed by atoms with Gasteiger partial charge in [0.15, 0.2) is 6.33 Å². The van der Waals surface area contributed by atoms with Gasteiger partial charge in [-0.25, -0.2) is 9.76 Å². The van der Waals surface area contributed by atoms with Crippen molar-refractivity contribution in [3.05, 3.63) is 6.33 Å². The van der Waals surface area contributed by atoms with E-state index in [-0.39, 0.29) is 8.61 Å². The first-order valence-electron chi connectivity index (χ1n) is 1.75. The number of hydrogen-bond donors (Lipinski definition) is 1. The minimum atomic E-state index is -0.224. The van der Waals surface area contributed by atoms with Crippen molar-refractivity contribution in [3.8, 4) is 0 Å². The minimum Gasteiger partial charge on any atom is -0.247 e. The Bertz CT molecular complexity index is 159. The number of aromatic nitrogens is 4. The molecule has 7 heteroatoms. The summed E-state index contributed by atoms with van der Waals surface area (Å²) in [6.45, 7) is 0. The molecule has 6 nitrogen and oxygen atoms in total. The normalized spacial score (nSPS) is 9.50. The van der Waals surface area contributed by atoms with E-state index in [2.05, 4.69) is 20.7 Å². The van der Waals surface area contributed by atoms with E-state index in [0.717, 1.165) is 4.79 Å². The fourth-order valence-corrected chi connectivity index (χ4v) is 0.424. The number of hydrogen-bond acceptors (Lipinski definition) is 4. The van der Waals surface area contributed by atoms with Crippen LogP contribution in [0.5, 0.6) is 0 Å². The topological polar surface area (TPSA) is 72.7 Å². The molecular weight excluding hydrogens is 129 g/mol. The molecule has 0 radical (unpaired) electrons. The number of rotatable bonds is 2. The van der Waals surface area contributed by atoms with E-state index in [0.29, 0.717) is 0 Å². The monoisotopic (exact) mass is 131 g/mol. The fourth-order valence-electron chi connectivity index (χ4n) is 0.249. The molecule has 0 aliphatic carbocycles. The molecule has 42 valence electrons. The molecule has 0 aliphatic rings. The first-order chi connectivity index (χ1) is 3.93. The summed E-state index contributed by atoms with van der Waals surface area (Å²) in [6.07, 6.45) is 1.30. The first kappa shape index (κ1) is 5.11. The molecule has 0 aromatic carbocycles. The van der Waals surface area contributed by atoms with Crippen LogP contribution in [0, 0.1) is 0 Å². The largest absolute Gasteiger partial charge is 0.296 e. The lowest BCUT2D eigenvalue weighted by atomic mass is 11.4. The van der Waals surface area contributed by atoms with Gasteiger partial charge in [-0.3, -0.25) is 0 Å². The molecule has 0 unspecified atom stereocenters. The van der Waals surface area contributed by atoms with E-state index >= 15 is 0 Å². The Morgan fingerprint density at radius 1 is 1.75 bits per heavy atom. The second-order valence-corrected chi connectivity index (χ2v) is 1.33. The smallest absolute Gasteiger partial charge is 0.247 e. The lowest BCUT2D eigenvalue weighted by Crippen LogP contribution is -2.03. The first-order valence-corrected chi connectivity index (χ1v) is 2.56. The van der Waals surface area contributed by atoms with Gasteiger partial charge in [0, 0.05) is 0 Å². The highest BCUT2D eigenvalue weighted by Crippen LogP contribution is 1.81. The average molecular weight is 131 g/mol. The molecule has 0 saturated heterocycles. The van der Waals surface area contributed by atoms with Crippen molar-refractivity contribution in [2.24, 2.45) is 0 Å². The third-order valence-corrected chi connectivity index (χ3v) is 0.779. The summed E-state index contributed by atoms with van der Waals surface area (Å²) in [4.78, 5) is 1.13. The van der Waals surface area contributed by atoms with E-state index in [1.165, 1.54) is 6.33 Å². The van der Waals surface area contributed by atoms with Crippen molar-refractivity contribution in [2.75, 3.05) is 5.20 Å². The molecule has 1 heterocycles. The van der Waals surface area contributed by atoms with Crippen LogP contribution in [0.3, 0.4) is 0 Å². The summed E-state index contributed by atoms with van der Waals surface area (Å²) in [5, 5.41) is 12.2. The van der Waals surface area contributed by atoms with Crippen LogP contribution in [-0.4, -0.2) is 20.3 Å². The predicted molar refractivity (Wildman–Crippen MR) is 24.8 cm³/mol. The second kappa shape index (κ2) is 2.32. The van der Waals surface area contributed by atoms with Crippen LogP contribution in [0.4, 0.5) is 0 Å². The lowest BCUT2D eigenvalue weighted by Gasteiger charge is -1.85. The second-order valence-electron chi connectivity index (χ2n) is 0.946. The maximum absolute atomic E-state index is 9.74. The summed E-state index contributed by atoms with van der Waals surface area (Å²) < 4.78 is 9.74. The van der Waals surface area contributed by atoms with Gasteiger partial charge in [0.25, 0.3) is 8.61 Å². The highest BCUT2D eigenvalue weighted by Gasteiger charge is 1.83. The summed E-state index contributed by atoms with van der Waals surface area (Å²) in [7, 11) is -0.224. The highest BCUT2D eigenvalue weighted by atomic mass is 31.1. The molecule has 1 N–H and O–H groups in total. The van der Waals surface area contributed by atoms with Crippen molar-refractivity contribution in [1.29, 1.82) is 0 Å². The third kappa shape index (κ3) is 0.974. The van der Waals surface area contributed by atoms with Gasteiger partial charge >= 0.3 is 0 Å². The van der Waals surface area contributed by atoms with Crippen molar-refractivity contribution >= 4 is 8.61 Å². The van der Waals surface area contributed by atoms with Crippen LogP contribution in [0.15, 0.2) is 6.33 Å². The minimum absolute atomic E-state index is 0.224. The van der Waals surface area contributed by atoms with Crippen LogP contribution < -0.4 is 5.20 Å². The van der Waals surface area contributed by atoms with Crippen molar-refractivity contribution in [2.45, 2.75) is 0 Å². The van der Waals surface area contributed by atoms with Crippen LogP contribution in [0.25, 0.3) is 0 Å². The Labute approximate surface area is 46.1 Å². The zero-order chi connectivity index (χ0) is 5.82. The molecule has 0 aliphatic heterocycles. The zero-order valence-electron chi connectivity index (χ0n) is 3.72. The Kier molecular flexibility index (Phi) is 1.48. The molecule has 8 heavy (non-hydrogen) atoms. The number of nitrogens with one attached hydrogen (secondary N) is 1. The highest BCUT2D eigenvalue weighted by molar-refractivity contribution is 7.24. The summed E-state index contributed by atoms with van der Waals surface area (Å²) in [5.41, 5.74) is 0. The van der Waals surface area contributed by atoms with Gasteiger partial charge in [0.05, 0.1) is 0 Å². The molecule has 0 bridgehead atoms. The molecule has 0 saturated carbocycles. The van der Waals surface area contributed by atoms with E-state index in [9.17, 15) is 4.57 Å². The van der Waals surface area contributed by atoms with E-state index in [4.69, 9.17) is 0 Å². The van der Waals surface area contributed by atoms with Gasteiger partial charge in [0.2, 0.25) is 0 Å².